The highest BCUT2D eigenvalue weighted by Gasteiger charge is 2.38. The van der Waals surface area contributed by atoms with Gasteiger partial charge in [-0.15, -0.1) is 5.06 Å². The van der Waals surface area contributed by atoms with Crippen molar-refractivity contribution < 1.29 is 14.4 Å². The van der Waals surface area contributed by atoms with E-state index in [9.17, 15) is 4.79 Å². The lowest BCUT2D eigenvalue weighted by atomic mass is 10.0. The normalized spacial score (nSPS) is 30.2. The van der Waals surface area contributed by atoms with Crippen LogP contribution in [0.4, 0.5) is 4.79 Å². The van der Waals surface area contributed by atoms with E-state index < -0.39 is 11.8 Å². The molecule has 0 saturated carbocycles. The zero-order chi connectivity index (χ0) is 11.8. The van der Waals surface area contributed by atoms with Crippen molar-refractivity contribution in [3.05, 3.63) is 0 Å². The number of nitrogens with zero attached hydrogens (tertiary/aromatic N) is 1. The lowest BCUT2D eigenvalue weighted by Crippen LogP contribution is -2.32. The van der Waals surface area contributed by atoms with Crippen molar-refractivity contribution in [3.63, 3.8) is 0 Å². The number of carbonyl (C=O) groups excluding carboxylic acids is 1. The maximum absolute atomic E-state index is 11.4. The van der Waals surface area contributed by atoms with Gasteiger partial charge in [0.25, 0.3) is 0 Å². The highest BCUT2D eigenvalue weighted by molar-refractivity contribution is 5.60. The molecule has 0 aromatic heterocycles. The molecule has 1 N–H and O–H groups in total. The Hall–Kier alpha value is -0.810. The maximum Gasteiger partial charge on any atom is 0.528 e. The molecule has 0 aromatic rings. The predicted molar refractivity (Wildman–Crippen MR) is 58.7 cm³/mol. The summed E-state index contributed by atoms with van der Waals surface area (Å²) in [5.41, 5.74) is -0.492. The van der Waals surface area contributed by atoms with Crippen LogP contribution in [-0.4, -0.2) is 43.0 Å². The van der Waals surface area contributed by atoms with Crippen LogP contribution in [0.5, 0.6) is 0 Å². The van der Waals surface area contributed by atoms with Gasteiger partial charge in [0.1, 0.15) is 5.60 Å². The fourth-order valence-electron chi connectivity index (χ4n) is 2.26. The molecule has 0 aromatic carbocycles. The van der Waals surface area contributed by atoms with E-state index in [4.69, 9.17) is 9.57 Å². The third-order valence-corrected chi connectivity index (χ3v) is 2.95. The summed E-state index contributed by atoms with van der Waals surface area (Å²) in [6.07, 6.45) is -0.597. The molecule has 0 bridgehead atoms. The Morgan fingerprint density at radius 2 is 1.81 bits per heavy atom. The minimum absolute atomic E-state index is 0.492. The molecule has 5 nitrogen and oxygen atoms in total. The van der Waals surface area contributed by atoms with E-state index in [1.165, 1.54) is 0 Å². The second-order valence-corrected chi connectivity index (χ2v) is 5.58. The molecule has 16 heavy (non-hydrogen) atoms. The molecule has 0 aliphatic carbocycles. The Morgan fingerprint density at radius 3 is 2.31 bits per heavy atom. The number of ether oxygens (including phenoxy) is 1. The summed E-state index contributed by atoms with van der Waals surface area (Å²) >= 11 is 0. The highest BCUT2D eigenvalue weighted by Crippen LogP contribution is 2.26. The van der Waals surface area contributed by atoms with Gasteiger partial charge in [-0.3, -0.25) is 0 Å². The van der Waals surface area contributed by atoms with Crippen molar-refractivity contribution in [2.45, 2.75) is 26.4 Å². The van der Waals surface area contributed by atoms with Crippen molar-refractivity contribution in [2.75, 3.05) is 26.2 Å². The Bertz CT molecular complexity index is 263. The lowest BCUT2D eigenvalue weighted by molar-refractivity contribution is -0.133. The number of hydroxylamine groups is 2. The minimum Gasteiger partial charge on any atom is -0.427 e. The van der Waals surface area contributed by atoms with Gasteiger partial charge in [-0.25, -0.2) is 4.79 Å². The van der Waals surface area contributed by atoms with E-state index in [-0.39, 0.29) is 0 Å². The van der Waals surface area contributed by atoms with Gasteiger partial charge >= 0.3 is 6.16 Å². The third-order valence-electron chi connectivity index (χ3n) is 2.95. The van der Waals surface area contributed by atoms with E-state index >= 15 is 0 Å². The van der Waals surface area contributed by atoms with Gasteiger partial charge in [-0.2, -0.15) is 0 Å². The lowest BCUT2D eigenvalue weighted by Gasteiger charge is -2.22. The minimum atomic E-state index is -0.597. The summed E-state index contributed by atoms with van der Waals surface area (Å²) in [5.74, 6) is 1.23. The highest BCUT2D eigenvalue weighted by atomic mass is 16.8. The molecule has 2 unspecified atom stereocenters. The maximum atomic E-state index is 11.4. The van der Waals surface area contributed by atoms with Crippen molar-refractivity contribution in [2.24, 2.45) is 11.8 Å². The van der Waals surface area contributed by atoms with Crippen LogP contribution in [0, 0.1) is 11.8 Å². The summed E-state index contributed by atoms with van der Waals surface area (Å²) in [5, 5.41) is 5.06. The first kappa shape index (κ1) is 11.7. The molecule has 92 valence electrons. The Kier molecular flexibility index (Phi) is 3.08. The number of carbonyl (C=O) groups is 1. The standard InChI is InChI=1S/C11H20N2O3/c1-11(2,3)15-10(14)16-13-6-8-4-12-5-9(8)7-13/h8-9,12H,4-7H2,1-3H3. The third kappa shape index (κ3) is 2.86. The van der Waals surface area contributed by atoms with Crippen molar-refractivity contribution >= 4 is 6.16 Å². The predicted octanol–water partition coefficient (Wildman–Crippen LogP) is 1.00. The van der Waals surface area contributed by atoms with E-state index in [0.717, 1.165) is 26.2 Å². The van der Waals surface area contributed by atoms with E-state index in [2.05, 4.69) is 5.32 Å². The van der Waals surface area contributed by atoms with Gasteiger partial charge in [0, 0.05) is 13.1 Å². The topological polar surface area (TPSA) is 50.8 Å². The molecule has 2 fully saturated rings. The summed E-state index contributed by atoms with van der Waals surface area (Å²) in [6.45, 7) is 9.18. The molecule has 0 radical (unpaired) electrons. The zero-order valence-electron chi connectivity index (χ0n) is 10.2. The van der Waals surface area contributed by atoms with Crippen LogP contribution in [0.3, 0.4) is 0 Å². The first-order valence-electron chi connectivity index (χ1n) is 5.80. The van der Waals surface area contributed by atoms with E-state index in [1.807, 2.05) is 20.8 Å². The molecular formula is C11H20N2O3. The fourth-order valence-corrected chi connectivity index (χ4v) is 2.26. The Morgan fingerprint density at radius 1 is 1.25 bits per heavy atom. The molecule has 0 spiro atoms. The zero-order valence-corrected chi connectivity index (χ0v) is 10.2. The van der Waals surface area contributed by atoms with Gasteiger partial charge in [0.05, 0.1) is 0 Å². The van der Waals surface area contributed by atoms with Gasteiger partial charge in [0.15, 0.2) is 0 Å². The van der Waals surface area contributed by atoms with Crippen LogP contribution in [-0.2, 0) is 9.57 Å². The molecule has 2 atom stereocenters. The SMILES string of the molecule is CC(C)(C)OC(=O)ON1CC2CNCC2C1. The van der Waals surface area contributed by atoms with Crippen LogP contribution in [0.2, 0.25) is 0 Å². The van der Waals surface area contributed by atoms with Crippen LogP contribution in [0.15, 0.2) is 0 Å². The van der Waals surface area contributed by atoms with Gasteiger partial charge in [-0.1, -0.05) is 0 Å². The van der Waals surface area contributed by atoms with Gasteiger partial charge in [-0.05, 0) is 45.7 Å². The van der Waals surface area contributed by atoms with E-state index in [0.29, 0.717) is 11.8 Å². The summed E-state index contributed by atoms with van der Waals surface area (Å²) in [4.78, 5) is 16.6. The quantitative estimate of drug-likeness (QED) is 0.679. The van der Waals surface area contributed by atoms with Gasteiger partial charge in [0.2, 0.25) is 0 Å². The number of nitrogens with one attached hydrogen (secondary N) is 1. The number of rotatable bonds is 1. The first-order chi connectivity index (χ1) is 7.44. The fraction of sp³-hybridized carbons (Fsp3) is 0.909. The monoisotopic (exact) mass is 228 g/mol. The van der Waals surface area contributed by atoms with Crippen LogP contribution >= 0.6 is 0 Å². The Balaban J connectivity index is 1.77. The molecule has 2 heterocycles. The first-order valence-corrected chi connectivity index (χ1v) is 5.80. The Labute approximate surface area is 96.0 Å². The van der Waals surface area contributed by atoms with Crippen LogP contribution in [0.25, 0.3) is 0 Å². The second-order valence-electron chi connectivity index (χ2n) is 5.58. The van der Waals surface area contributed by atoms with Crippen molar-refractivity contribution in [1.29, 1.82) is 0 Å². The smallest absolute Gasteiger partial charge is 0.427 e. The van der Waals surface area contributed by atoms with E-state index in [1.54, 1.807) is 5.06 Å². The summed E-state index contributed by atoms with van der Waals surface area (Å²) < 4.78 is 5.10. The van der Waals surface area contributed by atoms with Crippen molar-refractivity contribution in [3.8, 4) is 0 Å². The number of hydrogen-bond acceptors (Lipinski definition) is 5. The molecular weight excluding hydrogens is 208 g/mol. The number of fused-ring (bicyclic) bond motifs is 1. The van der Waals surface area contributed by atoms with Gasteiger partial charge < -0.3 is 14.9 Å². The molecule has 2 rings (SSSR count). The molecule has 2 aliphatic rings. The average Bonchev–Trinajstić information content (AvgIpc) is 2.58. The van der Waals surface area contributed by atoms with Crippen molar-refractivity contribution in [1.82, 2.24) is 10.4 Å². The largest absolute Gasteiger partial charge is 0.528 e. The average molecular weight is 228 g/mol. The van der Waals surface area contributed by atoms with Crippen LogP contribution in [0.1, 0.15) is 20.8 Å². The molecule has 0 amide bonds. The summed E-state index contributed by atoms with van der Waals surface area (Å²) in [7, 11) is 0. The molecule has 2 saturated heterocycles. The molecule has 2 aliphatic heterocycles. The second kappa shape index (κ2) is 4.22. The summed E-state index contributed by atoms with van der Waals surface area (Å²) in [6, 6.07) is 0. The van der Waals surface area contributed by atoms with Crippen LogP contribution < -0.4 is 5.32 Å². The molecule has 5 heteroatoms. The number of hydrogen-bond donors (Lipinski definition) is 1.